The molecule has 0 fully saturated rings. The van der Waals surface area contributed by atoms with E-state index >= 15 is 0 Å². The van der Waals surface area contributed by atoms with Crippen LogP contribution in [0.15, 0.2) is 39.7 Å². The van der Waals surface area contributed by atoms with Gasteiger partial charge in [-0.05, 0) is 28.1 Å². The number of rotatable bonds is 4. The summed E-state index contributed by atoms with van der Waals surface area (Å²) in [6.07, 6.45) is 5.07. The quantitative estimate of drug-likeness (QED) is 0.942. The third-order valence-electron chi connectivity index (χ3n) is 2.44. The van der Waals surface area contributed by atoms with E-state index in [-0.39, 0.29) is 6.61 Å². The van der Waals surface area contributed by atoms with Crippen LogP contribution < -0.4 is 4.90 Å². The topological polar surface area (TPSA) is 49.5 Å². The number of hydrogen-bond acceptors (Lipinski definition) is 4. The maximum atomic E-state index is 9.31. The lowest BCUT2D eigenvalue weighted by Crippen LogP contribution is -2.19. The van der Waals surface area contributed by atoms with Gasteiger partial charge in [0.1, 0.15) is 5.82 Å². The second-order valence-electron chi connectivity index (χ2n) is 3.78. The highest BCUT2D eigenvalue weighted by Crippen LogP contribution is 2.22. The van der Waals surface area contributed by atoms with Crippen molar-refractivity contribution in [1.82, 2.24) is 4.98 Å². The average Bonchev–Trinajstić information content (AvgIpc) is 2.81. The minimum Gasteiger partial charge on any atom is -0.472 e. The Morgan fingerprint density at radius 3 is 3.00 bits per heavy atom. The highest BCUT2D eigenvalue weighted by Gasteiger charge is 2.10. The van der Waals surface area contributed by atoms with E-state index in [0.29, 0.717) is 6.54 Å². The molecule has 90 valence electrons. The van der Waals surface area contributed by atoms with Crippen LogP contribution in [0.1, 0.15) is 11.1 Å². The summed E-state index contributed by atoms with van der Waals surface area (Å²) >= 11 is 3.34. The van der Waals surface area contributed by atoms with Gasteiger partial charge in [0.25, 0.3) is 0 Å². The smallest absolute Gasteiger partial charge is 0.134 e. The van der Waals surface area contributed by atoms with Crippen LogP contribution in [-0.4, -0.2) is 17.1 Å². The lowest BCUT2D eigenvalue weighted by Gasteiger charge is -2.19. The Hall–Kier alpha value is -1.33. The fraction of sp³-hybridized carbons (Fsp3) is 0.250. The molecule has 2 aromatic rings. The summed E-state index contributed by atoms with van der Waals surface area (Å²) in [6.45, 7) is 0.662. The number of hydrogen-bond donors (Lipinski definition) is 1. The molecule has 17 heavy (non-hydrogen) atoms. The highest BCUT2D eigenvalue weighted by atomic mass is 79.9. The second kappa shape index (κ2) is 5.33. The monoisotopic (exact) mass is 296 g/mol. The minimum absolute atomic E-state index is 0.0303. The van der Waals surface area contributed by atoms with Gasteiger partial charge in [0.05, 0.1) is 19.1 Å². The zero-order valence-electron chi connectivity index (χ0n) is 9.43. The Morgan fingerprint density at radius 1 is 1.53 bits per heavy atom. The molecule has 2 rings (SSSR count). The third-order valence-corrected chi connectivity index (χ3v) is 2.87. The number of furan rings is 1. The maximum Gasteiger partial charge on any atom is 0.134 e. The van der Waals surface area contributed by atoms with E-state index in [1.54, 1.807) is 18.7 Å². The van der Waals surface area contributed by atoms with Crippen molar-refractivity contribution in [3.8, 4) is 0 Å². The Balaban J connectivity index is 2.21. The number of pyridine rings is 1. The van der Waals surface area contributed by atoms with Crippen LogP contribution in [0.5, 0.6) is 0 Å². The summed E-state index contributed by atoms with van der Waals surface area (Å²) in [5.74, 6) is 0.775. The van der Waals surface area contributed by atoms with Gasteiger partial charge in [-0.25, -0.2) is 4.98 Å². The van der Waals surface area contributed by atoms with Gasteiger partial charge in [0.15, 0.2) is 0 Å². The SMILES string of the molecule is CN(Cc1ccoc1)c1ncc(Br)cc1CO. The van der Waals surface area contributed by atoms with E-state index in [0.717, 1.165) is 21.4 Å². The molecular formula is C12H13BrN2O2. The first kappa shape index (κ1) is 12.1. The molecule has 0 saturated carbocycles. The molecule has 0 spiro atoms. The number of halogens is 1. The Labute approximate surface area is 108 Å². The summed E-state index contributed by atoms with van der Waals surface area (Å²) in [4.78, 5) is 6.29. The van der Waals surface area contributed by atoms with Gasteiger partial charge in [0.2, 0.25) is 0 Å². The normalized spacial score (nSPS) is 10.5. The van der Waals surface area contributed by atoms with Crippen molar-refractivity contribution < 1.29 is 9.52 Å². The largest absolute Gasteiger partial charge is 0.472 e. The van der Waals surface area contributed by atoms with Crippen LogP contribution >= 0.6 is 15.9 Å². The van der Waals surface area contributed by atoms with Gasteiger partial charge in [-0.2, -0.15) is 0 Å². The van der Waals surface area contributed by atoms with Crippen molar-refractivity contribution in [2.75, 3.05) is 11.9 Å². The lowest BCUT2D eigenvalue weighted by atomic mass is 10.2. The van der Waals surface area contributed by atoms with Gasteiger partial charge in [0, 0.05) is 35.4 Å². The molecule has 0 bridgehead atoms. The summed E-state index contributed by atoms with van der Waals surface area (Å²) in [5.41, 5.74) is 1.87. The molecule has 0 aliphatic rings. The fourth-order valence-corrected chi connectivity index (χ4v) is 2.04. The molecule has 1 N–H and O–H groups in total. The minimum atomic E-state index is -0.0303. The standard InChI is InChI=1S/C12H13BrN2O2/c1-15(6-9-2-3-17-8-9)12-10(7-16)4-11(13)5-14-12/h2-5,8,16H,6-7H2,1H3. The van der Waals surface area contributed by atoms with Crippen molar-refractivity contribution in [3.63, 3.8) is 0 Å². The Bertz CT molecular complexity index is 485. The van der Waals surface area contributed by atoms with Crippen LogP contribution in [-0.2, 0) is 13.2 Å². The number of aromatic nitrogens is 1. The zero-order valence-corrected chi connectivity index (χ0v) is 11.0. The Kier molecular flexibility index (Phi) is 3.81. The summed E-state index contributed by atoms with van der Waals surface area (Å²) < 4.78 is 5.89. The zero-order chi connectivity index (χ0) is 12.3. The molecule has 0 atom stereocenters. The van der Waals surface area contributed by atoms with Crippen LogP contribution in [0, 0.1) is 0 Å². The molecule has 0 unspecified atom stereocenters. The van der Waals surface area contributed by atoms with E-state index in [1.807, 2.05) is 24.1 Å². The van der Waals surface area contributed by atoms with Gasteiger partial charge < -0.3 is 14.4 Å². The van der Waals surface area contributed by atoms with Gasteiger partial charge in [-0.3, -0.25) is 0 Å². The van der Waals surface area contributed by atoms with Crippen LogP contribution in [0.3, 0.4) is 0 Å². The molecule has 5 heteroatoms. The Morgan fingerprint density at radius 2 is 2.35 bits per heavy atom. The van der Waals surface area contributed by atoms with Crippen molar-refractivity contribution in [3.05, 3.63) is 46.5 Å². The predicted molar refractivity (Wildman–Crippen MR) is 68.7 cm³/mol. The van der Waals surface area contributed by atoms with Gasteiger partial charge in [-0.15, -0.1) is 0 Å². The van der Waals surface area contributed by atoms with Crippen molar-refractivity contribution in [2.24, 2.45) is 0 Å². The van der Waals surface area contributed by atoms with Crippen LogP contribution in [0.4, 0.5) is 5.82 Å². The predicted octanol–water partition coefficient (Wildman–Crippen LogP) is 2.57. The van der Waals surface area contributed by atoms with Gasteiger partial charge >= 0.3 is 0 Å². The van der Waals surface area contributed by atoms with E-state index in [9.17, 15) is 5.11 Å². The van der Waals surface area contributed by atoms with Crippen molar-refractivity contribution in [1.29, 1.82) is 0 Å². The molecule has 4 nitrogen and oxygen atoms in total. The summed E-state index contributed by atoms with van der Waals surface area (Å²) in [6, 6.07) is 3.78. The molecule has 0 saturated heterocycles. The maximum absolute atomic E-state index is 9.31. The first-order valence-corrected chi connectivity index (χ1v) is 5.97. The summed E-state index contributed by atoms with van der Waals surface area (Å²) in [7, 11) is 1.93. The fourth-order valence-electron chi connectivity index (χ4n) is 1.67. The number of nitrogens with zero attached hydrogens (tertiary/aromatic N) is 2. The molecule has 0 aliphatic heterocycles. The third kappa shape index (κ3) is 2.87. The van der Waals surface area contributed by atoms with Gasteiger partial charge in [-0.1, -0.05) is 0 Å². The van der Waals surface area contributed by atoms with E-state index < -0.39 is 0 Å². The average molecular weight is 297 g/mol. The van der Waals surface area contributed by atoms with Crippen molar-refractivity contribution >= 4 is 21.7 Å². The first-order valence-electron chi connectivity index (χ1n) is 5.18. The molecule has 2 heterocycles. The molecular weight excluding hydrogens is 284 g/mol. The lowest BCUT2D eigenvalue weighted by molar-refractivity contribution is 0.281. The highest BCUT2D eigenvalue weighted by molar-refractivity contribution is 9.10. The molecule has 2 aromatic heterocycles. The van der Waals surface area contributed by atoms with E-state index in [1.165, 1.54) is 0 Å². The second-order valence-corrected chi connectivity index (χ2v) is 4.70. The number of aliphatic hydroxyl groups excluding tert-OH is 1. The van der Waals surface area contributed by atoms with E-state index in [4.69, 9.17) is 4.42 Å². The van der Waals surface area contributed by atoms with E-state index in [2.05, 4.69) is 20.9 Å². The molecule has 0 amide bonds. The first-order chi connectivity index (χ1) is 8.20. The van der Waals surface area contributed by atoms with Crippen LogP contribution in [0.25, 0.3) is 0 Å². The molecule has 0 radical (unpaired) electrons. The number of aliphatic hydroxyl groups is 1. The summed E-state index contributed by atoms with van der Waals surface area (Å²) in [5, 5.41) is 9.31. The number of anilines is 1. The molecule has 0 aromatic carbocycles. The molecule has 0 aliphatic carbocycles. The van der Waals surface area contributed by atoms with Crippen molar-refractivity contribution in [2.45, 2.75) is 13.2 Å². The van der Waals surface area contributed by atoms with Crippen LogP contribution in [0.2, 0.25) is 0 Å².